The summed E-state index contributed by atoms with van der Waals surface area (Å²) in [5, 5.41) is 5.70. The van der Waals surface area contributed by atoms with Gasteiger partial charge in [-0.1, -0.05) is 23.8 Å². The average Bonchev–Trinajstić information content (AvgIpc) is 3.44. The molecule has 2 aromatic carbocycles. The van der Waals surface area contributed by atoms with E-state index in [0.717, 1.165) is 5.56 Å². The smallest absolute Gasteiger partial charge is 0.252 e. The molecule has 0 saturated carbocycles. The van der Waals surface area contributed by atoms with Crippen molar-refractivity contribution in [2.75, 3.05) is 20.2 Å². The fourth-order valence-corrected chi connectivity index (χ4v) is 5.86. The Morgan fingerprint density at radius 2 is 1.81 bits per heavy atom. The van der Waals surface area contributed by atoms with Gasteiger partial charge in [-0.25, -0.2) is 8.42 Å². The maximum Gasteiger partial charge on any atom is 0.252 e. The van der Waals surface area contributed by atoms with Crippen LogP contribution in [0, 0.1) is 12.8 Å². The van der Waals surface area contributed by atoms with Crippen LogP contribution in [0.25, 0.3) is 0 Å². The summed E-state index contributed by atoms with van der Waals surface area (Å²) in [4.78, 5) is 26.5. The molecule has 1 unspecified atom stereocenters. The molecule has 2 amide bonds. The molecule has 1 saturated heterocycles. The second-order valence-electron chi connectivity index (χ2n) is 9.03. The topological polar surface area (TPSA) is 118 Å². The number of rotatable bonds is 9. The molecular formula is C27H31N3O6S. The lowest BCUT2D eigenvalue weighted by Gasteiger charge is -2.35. The van der Waals surface area contributed by atoms with Crippen molar-refractivity contribution >= 4 is 21.8 Å². The van der Waals surface area contributed by atoms with Crippen LogP contribution >= 0.6 is 0 Å². The van der Waals surface area contributed by atoms with E-state index in [-0.39, 0.29) is 36.4 Å². The van der Waals surface area contributed by atoms with Gasteiger partial charge in [-0.15, -0.1) is 0 Å². The minimum absolute atomic E-state index is 0.179. The SMILES string of the molecule is COc1cccc(C(=O)NC(C(=O)NCc2ccco2)C2CCN(S(=O)(=O)c3ccc(C)cc3)CC2)c1. The van der Waals surface area contributed by atoms with E-state index in [2.05, 4.69) is 10.6 Å². The summed E-state index contributed by atoms with van der Waals surface area (Å²) in [5.74, 6) is 0.0983. The third-order valence-electron chi connectivity index (χ3n) is 6.55. The number of hydrogen-bond donors (Lipinski definition) is 2. The molecular weight excluding hydrogens is 494 g/mol. The Morgan fingerprint density at radius 1 is 1.08 bits per heavy atom. The highest BCUT2D eigenvalue weighted by Crippen LogP contribution is 2.27. The van der Waals surface area contributed by atoms with Crippen molar-refractivity contribution in [3.8, 4) is 5.75 Å². The molecule has 0 radical (unpaired) electrons. The van der Waals surface area contributed by atoms with E-state index in [9.17, 15) is 18.0 Å². The van der Waals surface area contributed by atoms with Gasteiger partial charge in [0.05, 0.1) is 24.8 Å². The lowest BCUT2D eigenvalue weighted by atomic mass is 9.89. The summed E-state index contributed by atoms with van der Waals surface area (Å²) in [7, 11) is -2.13. The molecule has 37 heavy (non-hydrogen) atoms. The molecule has 1 atom stereocenters. The van der Waals surface area contributed by atoms with Gasteiger partial charge >= 0.3 is 0 Å². The number of sulfonamides is 1. The number of piperidine rings is 1. The lowest BCUT2D eigenvalue weighted by molar-refractivity contribution is -0.124. The number of furan rings is 1. The van der Waals surface area contributed by atoms with E-state index in [4.69, 9.17) is 9.15 Å². The number of carbonyl (C=O) groups excluding carboxylic acids is 2. The first kappa shape index (κ1) is 26.4. The van der Waals surface area contributed by atoms with Gasteiger partial charge in [0.25, 0.3) is 5.91 Å². The van der Waals surface area contributed by atoms with Crippen molar-refractivity contribution in [1.29, 1.82) is 0 Å². The van der Waals surface area contributed by atoms with Gasteiger partial charge in [0.2, 0.25) is 15.9 Å². The average molecular weight is 526 g/mol. The van der Waals surface area contributed by atoms with Gasteiger partial charge in [-0.05, 0) is 68.1 Å². The normalized spacial score (nSPS) is 15.6. The van der Waals surface area contributed by atoms with Gasteiger partial charge in [0.1, 0.15) is 17.6 Å². The maximum atomic E-state index is 13.2. The summed E-state index contributed by atoms with van der Waals surface area (Å²) < 4.78 is 38.2. The predicted molar refractivity (Wildman–Crippen MR) is 137 cm³/mol. The van der Waals surface area contributed by atoms with Gasteiger partial charge in [-0.2, -0.15) is 4.31 Å². The van der Waals surface area contributed by atoms with E-state index in [1.165, 1.54) is 17.7 Å². The number of hydrogen-bond acceptors (Lipinski definition) is 6. The Labute approximate surface area is 216 Å². The molecule has 1 aliphatic rings. The summed E-state index contributed by atoms with van der Waals surface area (Å²) in [6.45, 7) is 2.58. The third kappa shape index (κ3) is 6.39. The Morgan fingerprint density at radius 3 is 2.46 bits per heavy atom. The van der Waals surface area contributed by atoms with Crippen LogP contribution in [-0.2, 0) is 21.4 Å². The van der Waals surface area contributed by atoms with Gasteiger partial charge in [0.15, 0.2) is 0 Å². The van der Waals surface area contributed by atoms with Crippen molar-refractivity contribution in [3.63, 3.8) is 0 Å². The van der Waals surface area contributed by atoms with Gasteiger partial charge < -0.3 is 19.8 Å². The van der Waals surface area contributed by atoms with Crippen LogP contribution in [0.1, 0.15) is 34.5 Å². The standard InChI is InChI=1S/C27H31N3O6S/c1-19-8-10-24(11-9-19)37(33,34)30-14-12-20(13-15-30)25(27(32)28-18-23-7-4-16-36-23)29-26(31)21-5-3-6-22(17-21)35-2/h3-11,16-17,20,25H,12-15,18H2,1-2H3,(H,28,32)(H,29,31). The van der Waals surface area contributed by atoms with E-state index in [1.807, 2.05) is 6.92 Å². The van der Waals surface area contributed by atoms with E-state index >= 15 is 0 Å². The summed E-state index contributed by atoms with van der Waals surface area (Å²) in [6.07, 6.45) is 2.36. The fraction of sp³-hybridized carbons (Fsp3) is 0.333. The lowest BCUT2D eigenvalue weighted by Crippen LogP contribution is -2.53. The van der Waals surface area contributed by atoms with Gasteiger partial charge in [-0.3, -0.25) is 9.59 Å². The molecule has 196 valence electrons. The summed E-state index contributed by atoms with van der Waals surface area (Å²) >= 11 is 0. The van der Waals surface area contributed by atoms with Gasteiger partial charge in [0, 0.05) is 18.7 Å². The zero-order chi connectivity index (χ0) is 26.4. The number of amides is 2. The molecule has 1 fully saturated rings. The van der Waals surface area contributed by atoms with Crippen LogP contribution in [0.4, 0.5) is 0 Å². The van der Waals surface area contributed by atoms with Crippen LogP contribution in [0.5, 0.6) is 5.75 Å². The molecule has 0 aliphatic carbocycles. The first-order valence-electron chi connectivity index (χ1n) is 12.1. The quantitative estimate of drug-likeness (QED) is 0.443. The predicted octanol–water partition coefficient (Wildman–Crippen LogP) is 3.11. The highest BCUT2D eigenvalue weighted by molar-refractivity contribution is 7.89. The Balaban J connectivity index is 1.48. The first-order chi connectivity index (χ1) is 17.8. The van der Waals surface area contributed by atoms with Crippen molar-refractivity contribution < 1.29 is 27.2 Å². The minimum atomic E-state index is -3.64. The number of carbonyl (C=O) groups is 2. The molecule has 2 heterocycles. The summed E-state index contributed by atoms with van der Waals surface area (Å²) in [5.41, 5.74) is 1.34. The van der Waals surface area contributed by atoms with E-state index in [1.54, 1.807) is 60.7 Å². The van der Waals surface area contributed by atoms with Crippen molar-refractivity contribution in [2.24, 2.45) is 5.92 Å². The number of benzene rings is 2. The molecule has 10 heteroatoms. The molecule has 2 N–H and O–H groups in total. The molecule has 3 aromatic rings. The molecule has 0 spiro atoms. The third-order valence-corrected chi connectivity index (χ3v) is 8.46. The molecule has 1 aromatic heterocycles. The number of aryl methyl sites for hydroxylation is 1. The maximum absolute atomic E-state index is 13.2. The van der Waals surface area contributed by atoms with E-state index < -0.39 is 22.0 Å². The van der Waals surface area contributed by atoms with Crippen LogP contribution in [0.3, 0.4) is 0 Å². The largest absolute Gasteiger partial charge is 0.497 e. The fourth-order valence-electron chi connectivity index (χ4n) is 4.39. The molecule has 4 rings (SSSR count). The zero-order valence-corrected chi connectivity index (χ0v) is 21.7. The van der Waals surface area contributed by atoms with Crippen molar-refractivity contribution in [1.82, 2.24) is 14.9 Å². The number of nitrogens with zero attached hydrogens (tertiary/aromatic N) is 1. The molecule has 0 bridgehead atoms. The van der Waals surface area contributed by atoms with Crippen LogP contribution in [0.15, 0.2) is 76.2 Å². The number of nitrogens with one attached hydrogen (secondary N) is 2. The molecule has 1 aliphatic heterocycles. The monoisotopic (exact) mass is 525 g/mol. The van der Waals surface area contributed by atoms with Crippen LogP contribution in [-0.4, -0.2) is 50.8 Å². The molecule has 9 nitrogen and oxygen atoms in total. The zero-order valence-electron chi connectivity index (χ0n) is 20.8. The highest BCUT2D eigenvalue weighted by atomic mass is 32.2. The second kappa shape index (κ2) is 11.6. The number of methoxy groups -OCH3 is 1. The van der Waals surface area contributed by atoms with Crippen LogP contribution < -0.4 is 15.4 Å². The van der Waals surface area contributed by atoms with Crippen molar-refractivity contribution in [2.45, 2.75) is 37.2 Å². The highest BCUT2D eigenvalue weighted by Gasteiger charge is 2.36. The Kier molecular flexibility index (Phi) is 8.30. The first-order valence-corrected chi connectivity index (χ1v) is 13.5. The Hall–Kier alpha value is -3.63. The number of ether oxygens (including phenoxy) is 1. The minimum Gasteiger partial charge on any atom is -0.497 e. The summed E-state index contributed by atoms with van der Waals surface area (Å²) in [6, 6.07) is 16.1. The van der Waals surface area contributed by atoms with Crippen molar-refractivity contribution in [3.05, 3.63) is 83.8 Å². The second-order valence-corrected chi connectivity index (χ2v) is 11.0. The van der Waals surface area contributed by atoms with Crippen LogP contribution in [0.2, 0.25) is 0 Å². The van der Waals surface area contributed by atoms with E-state index in [0.29, 0.717) is 29.9 Å². The Bertz CT molecular complexity index is 1310.